The van der Waals surface area contributed by atoms with Gasteiger partial charge in [-0.05, 0) is 17.7 Å². The van der Waals surface area contributed by atoms with Gasteiger partial charge in [0.25, 0.3) is 5.69 Å². The predicted octanol–water partition coefficient (Wildman–Crippen LogP) is 4.28. The van der Waals surface area contributed by atoms with Gasteiger partial charge in [-0.1, -0.05) is 11.6 Å². The van der Waals surface area contributed by atoms with Crippen molar-refractivity contribution in [2.24, 2.45) is 0 Å². The highest BCUT2D eigenvalue weighted by Crippen LogP contribution is 2.40. The molecule has 0 saturated carbocycles. The maximum absolute atomic E-state index is 12.8. The molecule has 0 unspecified atom stereocenters. The molecule has 0 atom stereocenters. The van der Waals surface area contributed by atoms with Crippen LogP contribution in [0.25, 0.3) is 0 Å². The zero-order chi connectivity index (χ0) is 17.9. The molecule has 1 N–H and O–H groups in total. The molecule has 1 heterocycles. The Morgan fingerprint density at radius 3 is 2.67 bits per heavy atom. The van der Waals surface area contributed by atoms with Crippen molar-refractivity contribution < 1.29 is 22.8 Å². The number of ether oxygens (including phenoxy) is 1. The zero-order valence-corrected chi connectivity index (χ0v) is 13.0. The average Bonchev–Trinajstić information content (AvgIpc) is 2.51. The number of hydrogen-bond acceptors (Lipinski definition) is 5. The fourth-order valence-electron chi connectivity index (χ4n) is 1.94. The number of methoxy groups -OCH3 is 1. The summed E-state index contributed by atoms with van der Waals surface area (Å²) in [5.41, 5.74) is -1.42. The summed E-state index contributed by atoms with van der Waals surface area (Å²) in [5.74, 6) is 0.342. The quantitative estimate of drug-likeness (QED) is 0.635. The van der Waals surface area contributed by atoms with Crippen molar-refractivity contribution in [2.45, 2.75) is 12.7 Å². The average molecular weight is 362 g/mol. The fourth-order valence-corrected chi connectivity index (χ4v) is 2.21. The molecule has 0 spiro atoms. The number of halogens is 4. The first-order chi connectivity index (χ1) is 11.2. The third-order valence-electron chi connectivity index (χ3n) is 3.08. The van der Waals surface area contributed by atoms with Crippen LogP contribution in [0, 0.1) is 10.1 Å². The van der Waals surface area contributed by atoms with Gasteiger partial charge in [0.15, 0.2) is 0 Å². The second kappa shape index (κ2) is 6.91. The lowest BCUT2D eigenvalue weighted by atomic mass is 10.1. The van der Waals surface area contributed by atoms with Gasteiger partial charge in [0.1, 0.15) is 5.69 Å². The molecular formula is C14H11ClF3N3O3. The van der Waals surface area contributed by atoms with E-state index in [0.717, 1.165) is 6.07 Å². The Hall–Kier alpha value is -2.55. The maximum atomic E-state index is 12.8. The highest BCUT2D eigenvalue weighted by molar-refractivity contribution is 6.31. The molecule has 10 heteroatoms. The van der Waals surface area contributed by atoms with Gasteiger partial charge in [-0.15, -0.1) is 0 Å². The van der Waals surface area contributed by atoms with Crippen LogP contribution < -0.4 is 10.1 Å². The van der Waals surface area contributed by atoms with Gasteiger partial charge >= 0.3 is 6.18 Å². The molecule has 0 amide bonds. The van der Waals surface area contributed by atoms with E-state index in [1.807, 2.05) is 0 Å². The fraction of sp³-hybridized carbons (Fsp3) is 0.214. The first-order valence-corrected chi connectivity index (χ1v) is 6.88. The lowest BCUT2D eigenvalue weighted by Crippen LogP contribution is -2.09. The van der Waals surface area contributed by atoms with Crippen LogP contribution in [0.1, 0.15) is 11.1 Å². The summed E-state index contributed by atoms with van der Waals surface area (Å²) >= 11 is 5.61. The molecule has 0 fully saturated rings. The van der Waals surface area contributed by atoms with Crippen LogP contribution in [0.4, 0.5) is 24.5 Å². The molecule has 0 radical (unpaired) electrons. The molecule has 128 valence electrons. The van der Waals surface area contributed by atoms with Crippen molar-refractivity contribution in [2.75, 3.05) is 12.4 Å². The Labute approximate surface area is 139 Å². The second-order valence-corrected chi connectivity index (χ2v) is 5.07. The summed E-state index contributed by atoms with van der Waals surface area (Å²) in [6.45, 7) is 0.113. The molecular weight excluding hydrogens is 351 g/mol. The van der Waals surface area contributed by atoms with E-state index < -0.39 is 27.4 Å². The normalized spacial score (nSPS) is 11.2. The van der Waals surface area contributed by atoms with Gasteiger partial charge in [0.05, 0.1) is 22.6 Å². The van der Waals surface area contributed by atoms with Crippen molar-refractivity contribution in [3.05, 3.63) is 56.7 Å². The predicted molar refractivity (Wildman–Crippen MR) is 81.2 cm³/mol. The topological polar surface area (TPSA) is 77.3 Å². The summed E-state index contributed by atoms with van der Waals surface area (Å²) in [6.07, 6.45) is -3.30. The minimum atomic E-state index is -4.78. The van der Waals surface area contributed by atoms with Crippen LogP contribution in [-0.2, 0) is 12.7 Å². The van der Waals surface area contributed by atoms with Crippen LogP contribution in [0.15, 0.2) is 30.5 Å². The van der Waals surface area contributed by atoms with E-state index in [9.17, 15) is 23.3 Å². The van der Waals surface area contributed by atoms with Crippen LogP contribution in [0.2, 0.25) is 5.02 Å². The third-order valence-corrected chi connectivity index (χ3v) is 3.39. The molecule has 0 aliphatic heterocycles. The number of nitro benzene ring substituents is 1. The molecule has 1 aromatic heterocycles. The van der Waals surface area contributed by atoms with E-state index in [1.54, 1.807) is 12.1 Å². The number of hydrogen-bond donors (Lipinski definition) is 1. The lowest BCUT2D eigenvalue weighted by molar-refractivity contribution is -0.384. The Balaban J connectivity index is 2.32. The smallest absolute Gasteiger partial charge is 0.418 e. The zero-order valence-electron chi connectivity index (χ0n) is 12.2. The monoisotopic (exact) mass is 361 g/mol. The van der Waals surface area contributed by atoms with Crippen LogP contribution in [-0.4, -0.2) is 17.0 Å². The van der Waals surface area contributed by atoms with Gasteiger partial charge in [-0.2, -0.15) is 13.2 Å². The number of nitro groups is 1. The van der Waals surface area contributed by atoms with E-state index in [1.165, 1.54) is 13.3 Å². The number of nitrogens with zero attached hydrogens (tertiary/aromatic N) is 2. The summed E-state index contributed by atoms with van der Waals surface area (Å²) < 4.78 is 43.4. The third kappa shape index (κ3) is 4.05. The molecule has 0 aliphatic rings. The van der Waals surface area contributed by atoms with Gasteiger partial charge in [0, 0.05) is 24.9 Å². The molecule has 1 aromatic carbocycles. The number of aromatic nitrogens is 1. The van der Waals surface area contributed by atoms with E-state index >= 15 is 0 Å². The van der Waals surface area contributed by atoms with Gasteiger partial charge in [-0.3, -0.25) is 10.1 Å². The summed E-state index contributed by atoms with van der Waals surface area (Å²) in [7, 11) is 1.43. The largest absolute Gasteiger partial charge is 0.481 e. The number of nitrogens with one attached hydrogen (secondary N) is 1. The summed E-state index contributed by atoms with van der Waals surface area (Å²) in [4.78, 5) is 14.1. The van der Waals surface area contributed by atoms with Gasteiger partial charge in [0.2, 0.25) is 5.88 Å². The van der Waals surface area contributed by atoms with Gasteiger partial charge in [-0.25, -0.2) is 4.98 Å². The minimum Gasteiger partial charge on any atom is -0.481 e. The first kappa shape index (κ1) is 17.8. The number of anilines is 1. The van der Waals surface area contributed by atoms with Crippen molar-refractivity contribution in [1.82, 2.24) is 4.98 Å². The highest BCUT2D eigenvalue weighted by atomic mass is 35.5. The molecule has 24 heavy (non-hydrogen) atoms. The van der Waals surface area contributed by atoms with E-state index in [0.29, 0.717) is 17.5 Å². The Morgan fingerprint density at radius 2 is 2.08 bits per heavy atom. The molecule has 2 rings (SSSR count). The van der Waals surface area contributed by atoms with Crippen molar-refractivity contribution in [3.8, 4) is 5.88 Å². The van der Waals surface area contributed by atoms with Gasteiger partial charge < -0.3 is 10.1 Å². The van der Waals surface area contributed by atoms with Crippen molar-refractivity contribution in [1.29, 1.82) is 0 Å². The molecule has 0 aliphatic carbocycles. The standard InChI is InChI=1S/C14H11ClF3N3O3/c1-24-13-4-8(2-3-19-13)7-20-11-6-10(15)9(14(16,17)18)5-12(11)21(22)23/h2-6,20H,7H2,1H3. The first-order valence-electron chi connectivity index (χ1n) is 6.50. The highest BCUT2D eigenvalue weighted by Gasteiger charge is 2.36. The maximum Gasteiger partial charge on any atom is 0.418 e. The van der Waals surface area contributed by atoms with Crippen LogP contribution >= 0.6 is 11.6 Å². The SMILES string of the molecule is COc1cc(CNc2cc(Cl)c(C(F)(F)F)cc2[N+](=O)[O-])ccn1. The summed E-state index contributed by atoms with van der Waals surface area (Å²) in [6, 6.07) is 4.52. The minimum absolute atomic E-state index is 0.113. The van der Waals surface area contributed by atoms with E-state index in [-0.39, 0.29) is 12.2 Å². The van der Waals surface area contributed by atoms with Crippen LogP contribution in [0.5, 0.6) is 5.88 Å². The molecule has 0 saturated heterocycles. The number of rotatable bonds is 5. The van der Waals surface area contributed by atoms with Crippen LogP contribution in [0.3, 0.4) is 0 Å². The van der Waals surface area contributed by atoms with E-state index in [2.05, 4.69) is 10.3 Å². The second-order valence-electron chi connectivity index (χ2n) is 4.66. The molecule has 2 aromatic rings. The lowest BCUT2D eigenvalue weighted by Gasteiger charge is -2.13. The van der Waals surface area contributed by atoms with Crippen molar-refractivity contribution >= 4 is 23.0 Å². The molecule has 0 bridgehead atoms. The Bertz CT molecular complexity index is 769. The summed E-state index contributed by atoms with van der Waals surface area (Å²) in [5, 5.41) is 13.1. The van der Waals surface area contributed by atoms with Crippen molar-refractivity contribution in [3.63, 3.8) is 0 Å². The Kier molecular flexibility index (Phi) is 5.13. The number of alkyl halides is 3. The molecule has 6 nitrogen and oxygen atoms in total. The Morgan fingerprint density at radius 1 is 1.38 bits per heavy atom. The number of pyridine rings is 1. The van der Waals surface area contributed by atoms with E-state index in [4.69, 9.17) is 16.3 Å². The number of benzene rings is 1.